The molecule has 6 nitrogen and oxygen atoms in total. The summed E-state index contributed by atoms with van der Waals surface area (Å²) < 4.78 is 5.26. The average molecular weight is 451 g/mol. The number of rotatable bonds is 9. The third kappa shape index (κ3) is 7.41. The predicted molar refractivity (Wildman–Crippen MR) is 113 cm³/mol. The maximum atomic E-state index is 12.3. The minimum atomic E-state index is -0.204. The van der Waals surface area contributed by atoms with Crippen molar-refractivity contribution in [2.24, 2.45) is 5.92 Å². The average Bonchev–Trinajstić information content (AvgIpc) is 2.65. The topological polar surface area (TPSA) is 70.7 Å². The van der Waals surface area contributed by atoms with E-state index in [9.17, 15) is 9.59 Å². The number of anilines is 1. The fourth-order valence-electron chi connectivity index (χ4n) is 3.07. The Bertz CT molecular complexity index is 657. The highest BCUT2D eigenvalue weighted by Crippen LogP contribution is 2.33. The van der Waals surface area contributed by atoms with Crippen LogP contribution in [0.4, 0.5) is 5.69 Å². The molecule has 0 bridgehead atoms. The third-order valence-corrected chi connectivity index (χ3v) is 5.38. The van der Waals surface area contributed by atoms with Crippen LogP contribution in [0.3, 0.4) is 0 Å². The van der Waals surface area contributed by atoms with Crippen molar-refractivity contribution < 1.29 is 14.3 Å². The quantitative estimate of drug-likeness (QED) is 0.561. The molecule has 9 heteroatoms. The second kappa shape index (κ2) is 11.8. The second-order valence-corrected chi connectivity index (χ2v) is 7.94. The Labute approximate surface area is 180 Å². The van der Waals surface area contributed by atoms with Gasteiger partial charge in [0.25, 0.3) is 0 Å². The smallest absolute Gasteiger partial charge is 0.238 e. The van der Waals surface area contributed by atoms with Gasteiger partial charge in [0.1, 0.15) is 0 Å². The maximum Gasteiger partial charge on any atom is 0.238 e. The highest BCUT2D eigenvalue weighted by atomic mass is 35.5. The van der Waals surface area contributed by atoms with Gasteiger partial charge in [0, 0.05) is 30.7 Å². The number of piperidine rings is 1. The largest absolute Gasteiger partial charge is 0.382 e. The molecule has 1 aliphatic rings. The summed E-state index contributed by atoms with van der Waals surface area (Å²) in [5.74, 6) is -0.128. The number of carbonyl (C=O) groups is 2. The van der Waals surface area contributed by atoms with E-state index in [0.29, 0.717) is 53.6 Å². The van der Waals surface area contributed by atoms with Gasteiger partial charge in [-0.1, -0.05) is 34.8 Å². The van der Waals surface area contributed by atoms with E-state index in [2.05, 4.69) is 10.6 Å². The summed E-state index contributed by atoms with van der Waals surface area (Å²) in [6.45, 7) is 5.52. The Balaban J connectivity index is 1.72. The molecule has 2 N–H and O–H groups in total. The summed E-state index contributed by atoms with van der Waals surface area (Å²) in [6.07, 6.45) is 2.27. The number of hydrogen-bond acceptors (Lipinski definition) is 4. The first-order valence-corrected chi connectivity index (χ1v) is 10.6. The minimum Gasteiger partial charge on any atom is -0.382 e. The molecule has 0 radical (unpaired) electrons. The van der Waals surface area contributed by atoms with E-state index in [1.807, 2.05) is 11.8 Å². The lowest BCUT2D eigenvalue weighted by Gasteiger charge is -2.30. The van der Waals surface area contributed by atoms with E-state index < -0.39 is 0 Å². The van der Waals surface area contributed by atoms with Crippen LogP contribution in [0, 0.1) is 5.92 Å². The summed E-state index contributed by atoms with van der Waals surface area (Å²) in [4.78, 5) is 26.6. The van der Waals surface area contributed by atoms with Crippen molar-refractivity contribution in [3.8, 4) is 0 Å². The predicted octanol–water partition coefficient (Wildman–Crippen LogP) is 3.84. The van der Waals surface area contributed by atoms with Crippen LogP contribution in [0.5, 0.6) is 0 Å². The van der Waals surface area contributed by atoms with Crippen LogP contribution in [0.2, 0.25) is 15.1 Å². The number of ether oxygens (including phenoxy) is 1. The molecule has 2 rings (SSSR count). The van der Waals surface area contributed by atoms with Gasteiger partial charge in [-0.15, -0.1) is 0 Å². The molecule has 1 aromatic carbocycles. The lowest BCUT2D eigenvalue weighted by molar-refractivity contribution is -0.126. The van der Waals surface area contributed by atoms with E-state index in [1.54, 1.807) is 0 Å². The molecule has 0 spiro atoms. The summed E-state index contributed by atoms with van der Waals surface area (Å²) in [5.41, 5.74) is 0.360. The highest BCUT2D eigenvalue weighted by Gasteiger charge is 2.26. The number of nitrogens with one attached hydrogen (secondary N) is 2. The van der Waals surface area contributed by atoms with Crippen LogP contribution in [0.25, 0.3) is 0 Å². The molecule has 0 atom stereocenters. The number of likely N-dealkylation sites (tertiary alicyclic amines) is 1. The number of benzene rings is 1. The molecular formula is C19H26Cl3N3O3. The Morgan fingerprint density at radius 3 is 2.43 bits per heavy atom. The molecule has 0 unspecified atom stereocenters. The van der Waals surface area contributed by atoms with Gasteiger partial charge >= 0.3 is 0 Å². The van der Waals surface area contributed by atoms with Crippen LogP contribution in [0.1, 0.15) is 26.2 Å². The second-order valence-electron chi connectivity index (χ2n) is 6.68. The Kier molecular flexibility index (Phi) is 9.82. The van der Waals surface area contributed by atoms with Crippen LogP contribution in [-0.2, 0) is 14.3 Å². The van der Waals surface area contributed by atoms with Crippen molar-refractivity contribution >= 4 is 52.3 Å². The minimum absolute atomic E-state index is 0.00782. The normalized spacial score (nSPS) is 15.4. The van der Waals surface area contributed by atoms with E-state index in [-0.39, 0.29) is 24.3 Å². The van der Waals surface area contributed by atoms with Crippen molar-refractivity contribution in [3.05, 3.63) is 27.2 Å². The lowest BCUT2D eigenvalue weighted by atomic mass is 9.96. The van der Waals surface area contributed by atoms with Gasteiger partial charge in [-0.25, -0.2) is 0 Å². The van der Waals surface area contributed by atoms with Crippen molar-refractivity contribution in [2.45, 2.75) is 26.2 Å². The maximum absolute atomic E-state index is 12.3. The molecule has 1 saturated heterocycles. The van der Waals surface area contributed by atoms with Gasteiger partial charge in [0.2, 0.25) is 11.8 Å². The number of carbonyl (C=O) groups excluding carboxylic acids is 2. The van der Waals surface area contributed by atoms with Gasteiger partial charge in [-0.2, -0.15) is 0 Å². The Morgan fingerprint density at radius 1 is 1.18 bits per heavy atom. The zero-order chi connectivity index (χ0) is 20.5. The first-order valence-electron chi connectivity index (χ1n) is 9.43. The molecule has 0 saturated carbocycles. The molecule has 28 heavy (non-hydrogen) atoms. The Hall–Kier alpha value is -1.05. The molecule has 0 aromatic heterocycles. The number of hydrogen-bond donors (Lipinski definition) is 2. The van der Waals surface area contributed by atoms with Crippen molar-refractivity contribution in [2.75, 3.05) is 44.7 Å². The molecule has 1 heterocycles. The standard InChI is InChI=1S/C19H26Cl3N3O3/c1-2-28-9-3-6-23-19(27)13-4-7-25(8-5-13)12-17(26)24-18-15(21)10-14(20)11-16(18)22/h10-11,13H,2-9,12H2,1H3,(H,23,27)(H,24,26). The molecule has 1 fully saturated rings. The fourth-order valence-corrected chi connectivity index (χ4v) is 3.98. The number of amides is 2. The van der Waals surface area contributed by atoms with E-state index in [4.69, 9.17) is 39.5 Å². The zero-order valence-corrected chi connectivity index (χ0v) is 18.2. The fraction of sp³-hybridized carbons (Fsp3) is 0.579. The molecule has 1 aliphatic heterocycles. The first-order chi connectivity index (χ1) is 13.4. The molecular weight excluding hydrogens is 425 g/mol. The van der Waals surface area contributed by atoms with E-state index >= 15 is 0 Å². The molecule has 2 amide bonds. The summed E-state index contributed by atoms with van der Waals surface area (Å²) in [6, 6.07) is 3.06. The van der Waals surface area contributed by atoms with Gasteiger partial charge in [-0.05, 0) is 51.4 Å². The van der Waals surface area contributed by atoms with Crippen molar-refractivity contribution in [3.63, 3.8) is 0 Å². The van der Waals surface area contributed by atoms with Crippen molar-refractivity contribution in [1.29, 1.82) is 0 Å². The monoisotopic (exact) mass is 449 g/mol. The first kappa shape index (κ1) is 23.2. The summed E-state index contributed by atoms with van der Waals surface area (Å²) in [5, 5.41) is 6.70. The lowest BCUT2D eigenvalue weighted by Crippen LogP contribution is -2.43. The van der Waals surface area contributed by atoms with Gasteiger partial charge in [-0.3, -0.25) is 14.5 Å². The highest BCUT2D eigenvalue weighted by molar-refractivity contribution is 6.42. The molecule has 0 aliphatic carbocycles. The van der Waals surface area contributed by atoms with E-state index in [1.165, 1.54) is 12.1 Å². The molecule has 1 aromatic rings. The SMILES string of the molecule is CCOCCCNC(=O)C1CCN(CC(=O)Nc2c(Cl)cc(Cl)cc2Cl)CC1. The third-order valence-electron chi connectivity index (χ3n) is 4.57. The van der Waals surface area contributed by atoms with Gasteiger partial charge < -0.3 is 15.4 Å². The van der Waals surface area contributed by atoms with Gasteiger partial charge in [0.05, 0.1) is 22.3 Å². The molecule has 156 valence electrons. The summed E-state index contributed by atoms with van der Waals surface area (Å²) >= 11 is 18.1. The Morgan fingerprint density at radius 2 is 1.82 bits per heavy atom. The van der Waals surface area contributed by atoms with Crippen LogP contribution >= 0.6 is 34.8 Å². The zero-order valence-electron chi connectivity index (χ0n) is 15.9. The summed E-state index contributed by atoms with van der Waals surface area (Å²) in [7, 11) is 0. The van der Waals surface area contributed by atoms with E-state index in [0.717, 1.165) is 19.3 Å². The van der Waals surface area contributed by atoms with Crippen LogP contribution < -0.4 is 10.6 Å². The van der Waals surface area contributed by atoms with Crippen molar-refractivity contribution in [1.82, 2.24) is 10.2 Å². The number of halogens is 3. The van der Waals surface area contributed by atoms with Gasteiger partial charge in [0.15, 0.2) is 0 Å². The van der Waals surface area contributed by atoms with Crippen LogP contribution in [0.15, 0.2) is 12.1 Å². The van der Waals surface area contributed by atoms with Crippen LogP contribution in [-0.4, -0.2) is 56.1 Å². The number of nitrogens with zero attached hydrogens (tertiary/aromatic N) is 1.